The van der Waals surface area contributed by atoms with E-state index in [1.54, 1.807) is 0 Å². The van der Waals surface area contributed by atoms with Crippen LogP contribution >= 0.6 is 0 Å². The highest BCUT2D eigenvalue weighted by Crippen LogP contribution is 2.54. The lowest BCUT2D eigenvalue weighted by Crippen LogP contribution is -2.47. The fourth-order valence-electron chi connectivity index (χ4n) is 4.18. The Morgan fingerprint density at radius 3 is 2.30 bits per heavy atom. The summed E-state index contributed by atoms with van der Waals surface area (Å²) in [5, 5.41) is 29.7. The average molecular weight is 358 g/mol. The van der Waals surface area contributed by atoms with Gasteiger partial charge in [-0.3, -0.25) is 0 Å². The van der Waals surface area contributed by atoms with E-state index in [4.69, 9.17) is 5.73 Å². The first-order valence-corrected chi connectivity index (χ1v) is 8.78. The number of rotatable bonds is 2. The first-order valence-electron chi connectivity index (χ1n) is 8.78. The Balaban J connectivity index is 2.26. The van der Waals surface area contributed by atoms with Crippen molar-refractivity contribution in [3.8, 4) is 18.2 Å². The van der Waals surface area contributed by atoms with Gasteiger partial charge >= 0.3 is 0 Å². The summed E-state index contributed by atoms with van der Waals surface area (Å²) in [7, 11) is 5.91. The third-order valence-corrected chi connectivity index (χ3v) is 5.62. The number of nitriles is 3. The number of anilines is 1. The molecule has 2 aliphatic rings. The molecule has 0 bridgehead atoms. The number of hydrogen-bond acceptors (Lipinski definition) is 6. The minimum atomic E-state index is -1.56. The van der Waals surface area contributed by atoms with E-state index >= 15 is 0 Å². The molecule has 27 heavy (non-hydrogen) atoms. The van der Waals surface area contributed by atoms with Crippen molar-refractivity contribution in [2.24, 2.45) is 17.1 Å². The maximum atomic E-state index is 10.0. The number of allylic oxidation sites excluding steroid dienone is 2. The number of fused-ring (bicyclic) bond motifs is 1. The third-order valence-electron chi connectivity index (χ3n) is 5.62. The number of hydrogen-bond donors (Lipinski definition) is 1. The lowest BCUT2D eigenvalue weighted by molar-refractivity contribution is 0.237. The summed E-state index contributed by atoms with van der Waals surface area (Å²) in [6.07, 6.45) is 2.00. The zero-order valence-electron chi connectivity index (χ0n) is 15.8. The van der Waals surface area contributed by atoms with E-state index in [0.29, 0.717) is 13.1 Å². The van der Waals surface area contributed by atoms with E-state index in [1.807, 2.05) is 56.4 Å². The molecule has 0 unspecified atom stereocenters. The highest BCUT2D eigenvalue weighted by atomic mass is 15.1. The first kappa shape index (κ1) is 18.5. The van der Waals surface area contributed by atoms with Crippen LogP contribution < -0.4 is 10.6 Å². The molecule has 0 amide bonds. The van der Waals surface area contributed by atoms with Gasteiger partial charge in [0.1, 0.15) is 6.07 Å². The Bertz CT molecular complexity index is 919. The quantitative estimate of drug-likeness (QED) is 0.868. The predicted molar refractivity (Wildman–Crippen MR) is 103 cm³/mol. The molecule has 0 aromatic heterocycles. The van der Waals surface area contributed by atoms with Crippen molar-refractivity contribution in [3.05, 3.63) is 52.7 Å². The molecule has 3 rings (SSSR count). The van der Waals surface area contributed by atoms with E-state index < -0.39 is 11.3 Å². The Kier molecular flexibility index (Phi) is 4.66. The number of likely N-dealkylation sites (N-methyl/N-ethyl adjacent to an activating group) is 1. The SMILES string of the molecule is CN1CC=C2C(C#N)=C(N)C(C#N)(C#N)[C@@H](c3ccc(N(C)C)cc3)[C@H]2C1. The fourth-order valence-corrected chi connectivity index (χ4v) is 4.18. The fraction of sp³-hybridized carbons (Fsp3) is 0.381. The number of nitrogens with two attached hydrogens (primary N) is 1. The van der Waals surface area contributed by atoms with Crippen molar-refractivity contribution >= 4 is 5.69 Å². The molecule has 0 saturated heterocycles. The Morgan fingerprint density at radius 1 is 1.15 bits per heavy atom. The smallest absolute Gasteiger partial charge is 0.191 e. The van der Waals surface area contributed by atoms with Gasteiger partial charge in [0, 0.05) is 44.7 Å². The summed E-state index contributed by atoms with van der Waals surface area (Å²) in [5.74, 6) is -0.579. The maximum Gasteiger partial charge on any atom is 0.191 e. The van der Waals surface area contributed by atoms with Crippen LogP contribution in [-0.4, -0.2) is 39.1 Å². The summed E-state index contributed by atoms with van der Waals surface area (Å²) in [4.78, 5) is 4.12. The molecule has 6 heteroatoms. The highest BCUT2D eigenvalue weighted by molar-refractivity contribution is 5.60. The second kappa shape index (κ2) is 6.80. The molecule has 0 spiro atoms. The van der Waals surface area contributed by atoms with E-state index in [1.165, 1.54) is 0 Å². The zero-order valence-corrected chi connectivity index (χ0v) is 15.8. The predicted octanol–water partition coefficient (Wildman–Crippen LogP) is 2.11. The molecule has 1 aliphatic carbocycles. The van der Waals surface area contributed by atoms with Crippen LogP contribution in [0.25, 0.3) is 0 Å². The summed E-state index contributed by atoms with van der Waals surface area (Å²) in [5.41, 5.74) is 7.86. The summed E-state index contributed by atoms with van der Waals surface area (Å²) in [6.45, 7) is 1.37. The highest BCUT2D eigenvalue weighted by Gasteiger charge is 2.54. The van der Waals surface area contributed by atoms with Crippen molar-refractivity contribution in [1.29, 1.82) is 15.8 Å². The van der Waals surface area contributed by atoms with Crippen LogP contribution in [0.4, 0.5) is 5.69 Å². The van der Waals surface area contributed by atoms with Crippen molar-refractivity contribution < 1.29 is 0 Å². The molecule has 0 radical (unpaired) electrons. The number of nitrogens with zero attached hydrogens (tertiary/aromatic N) is 5. The third kappa shape index (κ3) is 2.74. The second-order valence-electron chi connectivity index (χ2n) is 7.38. The Labute approximate surface area is 160 Å². The molecule has 1 aromatic carbocycles. The summed E-state index contributed by atoms with van der Waals surface area (Å²) in [6, 6.07) is 14.3. The van der Waals surface area contributed by atoms with Gasteiger partial charge in [-0.05, 0) is 30.3 Å². The van der Waals surface area contributed by atoms with Gasteiger partial charge in [-0.25, -0.2) is 0 Å². The summed E-state index contributed by atoms with van der Waals surface area (Å²) >= 11 is 0. The van der Waals surface area contributed by atoms with E-state index in [2.05, 4.69) is 23.1 Å². The number of benzene rings is 1. The molecule has 1 aromatic rings. The largest absolute Gasteiger partial charge is 0.399 e. The lowest BCUT2D eigenvalue weighted by atomic mass is 9.58. The van der Waals surface area contributed by atoms with Gasteiger partial charge < -0.3 is 15.5 Å². The molecule has 1 aliphatic heterocycles. The van der Waals surface area contributed by atoms with E-state index in [9.17, 15) is 15.8 Å². The zero-order chi connectivity index (χ0) is 19.8. The molecule has 0 fully saturated rings. The minimum absolute atomic E-state index is 0.0729. The summed E-state index contributed by atoms with van der Waals surface area (Å²) < 4.78 is 0. The van der Waals surface area contributed by atoms with Crippen molar-refractivity contribution in [2.75, 3.05) is 39.1 Å². The molecule has 136 valence electrons. The Morgan fingerprint density at radius 2 is 1.78 bits per heavy atom. The van der Waals surface area contributed by atoms with Gasteiger partial charge in [-0.1, -0.05) is 18.2 Å². The van der Waals surface area contributed by atoms with E-state index in [-0.39, 0.29) is 17.2 Å². The van der Waals surface area contributed by atoms with Gasteiger partial charge in [-0.2, -0.15) is 15.8 Å². The standard InChI is InChI=1S/C21H22N6/c1-26(2)15-6-4-14(5-7-15)19-18-11-27(3)9-8-16(18)17(10-22)20(25)21(19,12-23)13-24/h4-8,18-19H,9,11,25H2,1-3H3/t18-,19-/m0/s1. The molecule has 2 atom stereocenters. The topological polar surface area (TPSA) is 104 Å². The van der Waals surface area contributed by atoms with Gasteiger partial charge in [0.2, 0.25) is 0 Å². The first-order chi connectivity index (χ1) is 12.9. The van der Waals surface area contributed by atoms with Crippen LogP contribution in [0, 0.1) is 45.3 Å². The van der Waals surface area contributed by atoms with Gasteiger partial charge in [0.15, 0.2) is 5.41 Å². The molecular weight excluding hydrogens is 336 g/mol. The maximum absolute atomic E-state index is 10.0. The van der Waals surface area contributed by atoms with Crippen LogP contribution in [0.2, 0.25) is 0 Å². The van der Waals surface area contributed by atoms with Gasteiger partial charge in [0.25, 0.3) is 0 Å². The lowest BCUT2D eigenvalue weighted by Gasteiger charge is -2.45. The van der Waals surface area contributed by atoms with Crippen LogP contribution in [0.1, 0.15) is 11.5 Å². The van der Waals surface area contributed by atoms with Crippen molar-refractivity contribution in [2.45, 2.75) is 5.92 Å². The molecular formula is C21H22N6. The normalized spacial score (nSPS) is 24.1. The van der Waals surface area contributed by atoms with E-state index in [0.717, 1.165) is 16.8 Å². The average Bonchev–Trinajstić information content (AvgIpc) is 2.67. The minimum Gasteiger partial charge on any atom is -0.399 e. The molecule has 2 N–H and O–H groups in total. The molecule has 1 heterocycles. The molecule has 0 saturated carbocycles. The second-order valence-corrected chi connectivity index (χ2v) is 7.38. The van der Waals surface area contributed by atoms with Crippen LogP contribution in [0.3, 0.4) is 0 Å². The van der Waals surface area contributed by atoms with Crippen LogP contribution in [0.5, 0.6) is 0 Å². The van der Waals surface area contributed by atoms with Crippen molar-refractivity contribution in [1.82, 2.24) is 4.90 Å². The Hall–Kier alpha value is -3.27. The van der Waals surface area contributed by atoms with Gasteiger partial charge in [0.05, 0.1) is 23.4 Å². The van der Waals surface area contributed by atoms with Crippen molar-refractivity contribution in [3.63, 3.8) is 0 Å². The monoisotopic (exact) mass is 358 g/mol. The molecule has 6 nitrogen and oxygen atoms in total. The van der Waals surface area contributed by atoms with Crippen LogP contribution in [0.15, 0.2) is 47.2 Å². The van der Waals surface area contributed by atoms with Gasteiger partial charge in [-0.15, -0.1) is 0 Å². The van der Waals surface area contributed by atoms with Crippen LogP contribution in [-0.2, 0) is 0 Å².